The summed E-state index contributed by atoms with van der Waals surface area (Å²) in [6.07, 6.45) is 0. The van der Waals surface area contributed by atoms with E-state index in [9.17, 15) is 9.59 Å². The average molecular weight is 309 g/mol. The minimum Gasteiger partial charge on any atom is -0.355 e. The third-order valence-corrected chi connectivity index (χ3v) is 4.60. The number of fused-ring (bicyclic) bond motifs is 1. The van der Waals surface area contributed by atoms with Crippen LogP contribution in [0.4, 0.5) is 0 Å². The topological polar surface area (TPSA) is 71.1 Å². The highest BCUT2D eigenvalue weighted by atomic mass is 32.2. The monoisotopic (exact) mass is 309 g/mol. The van der Waals surface area contributed by atoms with Crippen LogP contribution in [0.1, 0.15) is 6.92 Å². The normalized spacial score (nSPS) is 10.4. The molecule has 0 atom stereocenters. The van der Waals surface area contributed by atoms with Crippen molar-refractivity contribution in [3.8, 4) is 0 Å². The molecule has 2 N–H and O–H groups in total. The molecule has 2 aromatic rings. The van der Waals surface area contributed by atoms with Gasteiger partial charge in [-0.05, 0) is 19.1 Å². The molecule has 0 fully saturated rings. The van der Waals surface area contributed by atoms with E-state index in [1.165, 1.54) is 11.8 Å². The summed E-state index contributed by atoms with van der Waals surface area (Å²) in [4.78, 5) is 27.2. The first-order valence-electron chi connectivity index (χ1n) is 6.21. The second kappa shape index (κ2) is 7.25. The molecule has 1 aromatic carbocycles. The van der Waals surface area contributed by atoms with Crippen LogP contribution in [-0.2, 0) is 9.59 Å². The molecular formula is C13H15N3O2S2. The molecule has 5 nitrogen and oxygen atoms in total. The lowest BCUT2D eigenvalue weighted by Gasteiger charge is -2.04. The number of nitrogens with zero attached hydrogens (tertiary/aromatic N) is 1. The first kappa shape index (κ1) is 14.8. The van der Waals surface area contributed by atoms with Crippen molar-refractivity contribution in [1.29, 1.82) is 0 Å². The maximum absolute atomic E-state index is 11.6. The van der Waals surface area contributed by atoms with Crippen LogP contribution < -0.4 is 10.6 Å². The number of thioether (sulfide) groups is 1. The van der Waals surface area contributed by atoms with Gasteiger partial charge in [0.15, 0.2) is 4.34 Å². The Morgan fingerprint density at radius 3 is 2.80 bits per heavy atom. The molecule has 0 spiro atoms. The molecule has 20 heavy (non-hydrogen) atoms. The Balaban J connectivity index is 1.79. The van der Waals surface area contributed by atoms with Crippen molar-refractivity contribution in [2.45, 2.75) is 11.3 Å². The highest BCUT2D eigenvalue weighted by Crippen LogP contribution is 2.28. The molecular weight excluding hydrogens is 294 g/mol. The molecule has 1 heterocycles. The SMILES string of the molecule is CCNC(=O)CNC(=O)CSc1nc2ccccc2s1. The smallest absolute Gasteiger partial charge is 0.239 e. The van der Waals surface area contributed by atoms with E-state index < -0.39 is 0 Å². The standard InChI is InChI=1S/C13H15N3O2S2/c1-2-14-11(17)7-15-12(18)8-19-13-16-9-5-3-4-6-10(9)20-13/h3-6H,2,7-8H2,1H3,(H,14,17)(H,15,18). The third kappa shape index (κ3) is 4.21. The Morgan fingerprint density at radius 2 is 2.05 bits per heavy atom. The summed E-state index contributed by atoms with van der Waals surface area (Å²) in [6.45, 7) is 2.42. The van der Waals surface area contributed by atoms with E-state index in [4.69, 9.17) is 0 Å². The van der Waals surface area contributed by atoms with Crippen LogP contribution in [0.15, 0.2) is 28.6 Å². The third-order valence-electron chi connectivity index (χ3n) is 2.42. The Bertz CT molecular complexity index is 579. The summed E-state index contributed by atoms with van der Waals surface area (Å²) in [5.74, 6) is -0.0782. The Kier molecular flexibility index (Phi) is 5.37. The molecule has 0 aliphatic carbocycles. The number of likely N-dealkylation sites (N-methyl/N-ethyl adjacent to an activating group) is 1. The quantitative estimate of drug-likeness (QED) is 0.796. The zero-order chi connectivity index (χ0) is 14.4. The van der Waals surface area contributed by atoms with Gasteiger partial charge in [0.25, 0.3) is 0 Å². The van der Waals surface area contributed by atoms with Gasteiger partial charge in [-0.25, -0.2) is 4.98 Å². The first-order valence-corrected chi connectivity index (χ1v) is 8.01. The van der Waals surface area contributed by atoms with Crippen LogP contribution in [0, 0.1) is 0 Å². The van der Waals surface area contributed by atoms with E-state index in [1.54, 1.807) is 11.3 Å². The summed E-state index contributed by atoms with van der Waals surface area (Å²) in [7, 11) is 0. The number of benzene rings is 1. The number of carbonyl (C=O) groups excluding carboxylic acids is 2. The number of thiazole rings is 1. The maximum atomic E-state index is 11.6. The fourth-order valence-electron chi connectivity index (χ4n) is 1.53. The highest BCUT2D eigenvalue weighted by molar-refractivity contribution is 8.01. The van der Waals surface area contributed by atoms with Crippen LogP contribution in [-0.4, -0.2) is 35.6 Å². The molecule has 2 rings (SSSR count). The Hall–Kier alpha value is -1.60. The van der Waals surface area contributed by atoms with E-state index in [0.29, 0.717) is 6.54 Å². The van der Waals surface area contributed by atoms with Gasteiger partial charge in [0.1, 0.15) is 0 Å². The van der Waals surface area contributed by atoms with E-state index in [-0.39, 0.29) is 24.1 Å². The number of amides is 2. The lowest BCUT2D eigenvalue weighted by Crippen LogP contribution is -2.37. The van der Waals surface area contributed by atoms with E-state index >= 15 is 0 Å². The fourth-order valence-corrected chi connectivity index (χ4v) is 3.43. The number of aromatic nitrogens is 1. The minimum absolute atomic E-state index is 0.0209. The van der Waals surface area contributed by atoms with Crippen molar-refractivity contribution >= 4 is 45.1 Å². The van der Waals surface area contributed by atoms with Crippen LogP contribution in [0.3, 0.4) is 0 Å². The molecule has 2 amide bonds. The van der Waals surface area contributed by atoms with Crippen LogP contribution in [0.25, 0.3) is 10.2 Å². The van der Waals surface area contributed by atoms with Gasteiger partial charge in [-0.3, -0.25) is 9.59 Å². The molecule has 0 saturated heterocycles. The number of para-hydroxylation sites is 1. The Morgan fingerprint density at radius 1 is 1.25 bits per heavy atom. The lowest BCUT2D eigenvalue weighted by molar-refractivity contribution is -0.124. The van der Waals surface area contributed by atoms with Gasteiger partial charge < -0.3 is 10.6 Å². The van der Waals surface area contributed by atoms with Crippen LogP contribution >= 0.6 is 23.1 Å². The molecule has 0 saturated carbocycles. The second-order valence-corrected chi connectivity index (χ2v) is 6.22. The van der Waals surface area contributed by atoms with Gasteiger partial charge >= 0.3 is 0 Å². The van der Waals surface area contributed by atoms with Crippen molar-refractivity contribution in [3.05, 3.63) is 24.3 Å². The number of hydrogen-bond acceptors (Lipinski definition) is 5. The fraction of sp³-hybridized carbons (Fsp3) is 0.308. The number of nitrogens with one attached hydrogen (secondary N) is 2. The number of carbonyl (C=O) groups is 2. The second-order valence-electron chi connectivity index (χ2n) is 3.97. The van der Waals surface area contributed by atoms with Crippen molar-refractivity contribution in [1.82, 2.24) is 15.6 Å². The lowest BCUT2D eigenvalue weighted by atomic mass is 10.3. The van der Waals surface area contributed by atoms with Gasteiger partial charge in [0, 0.05) is 6.54 Å². The molecule has 0 bridgehead atoms. The van der Waals surface area contributed by atoms with E-state index in [2.05, 4.69) is 15.6 Å². The zero-order valence-corrected chi connectivity index (χ0v) is 12.6. The molecule has 106 valence electrons. The molecule has 0 aliphatic heterocycles. The summed E-state index contributed by atoms with van der Waals surface area (Å²) >= 11 is 2.95. The van der Waals surface area contributed by atoms with Crippen LogP contribution in [0.5, 0.6) is 0 Å². The maximum Gasteiger partial charge on any atom is 0.239 e. The molecule has 0 unspecified atom stereocenters. The molecule has 1 aromatic heterocycles. The predicted octanol–water partition coefficient (Wildman–Crippen LogP) is 1.64. The summed E-state index contributed by atoms with van der Waals surface area (Å²) in [6, 6.07) is 7.86. The van der Waals surface area contributed by atoms with E-state index in [1.807, 2.05) is 31.2 Å². The van der Waals surface area contributed by atoms with Gasteiger partial charge in [0.2, 0.25) is 11.8 Å². The van der Waals surface area contributed by atoms with Gasteiger partial charge in [-0.1, -0.05) is 23.9 Å². The number of hydrogen-bond donors (Lipinski definition) is 2. The largest absolute Gasteiger partial charge is 0.355 e. The summed E-state index contributed by atoms with van der Waals surface area (Å²) < 4.78 is 1.97. The molecule has 7 heteroatoms. The predicted molar refractivity (Wildman–Crippen MR) is 82.0 cm³/mol. The summed E-state index contributed by atoms with van der Waals surface area (Å²) in [5.41, 5.74) is 0.947. The van der Waals surface area contributed by atoms with Gasteiger partial charge in [-0.15, -0.1) is 11.3 Å². The average Bonchev–Trinajstić information content (AvgIpc) is 2.86. The molecule has 0 radical (unpaired) electrons. The zero-order valence-electron chi connectivity index (χ0n) is 11.0. The summed E-state index contributed by atoms with van der Waals surface area (Å²) in [5, 5.41) is 5.20. The molecule has 0 aliphatic rings. The van der Waals surface area contributed by atoms with Crippen molar-refractivity contribution in [2.75, 3.05) is 18.8 Å². The van der Waals surface area contributed by atoms with Crippen molar-refractivity contribution in [2.24, 2.45) is 0 Å². The van der Waals surface area contributed by atoms with E-state index in [0.717, 1.165) is 14.6 Å². The minimum atomic E-state index is -0.175. The first-order chi connectivity index (χ1) is 9.69. The van der Waals surface area contributed by atoms with Gasteiger partial charge in [0.05, 0.1) is 22.5 Å². The van der Waals surface area contributed by atoms with Crippen molar-refractivity contribution < 1.29 is 9.59 Å². The Labute approximate surface area is 125 Å². The highest BCUT2D eigenvalue weighted by Gasteiger charge is 2.08. The van der Waals surface area contributed by atoms with Gasteiger partial charge in [-0.2, -0.15) is 0 Å². The van der Waals surface area contributed by atoms with Crippen LogP contribution in [0.2, 0.25) is 0 Å². The number of rotatable bonds is 6. The van der Waals surface area contributed by atoms with Crippen molar-refractivity contribution in [3.63, 3.8) is 0 Å².